The van der Waals surface area contributed by atoms with Crippen molar-refractivity contribution in [2.45, 2.75) is 6.92 Å². The van der Waals surface area contributed by atoms with Crippen molar-refractivity contribution in [2.75, 3.05) is 0 Å². The minimum Gasteiger partial charge on any atom is -0.427 e. The van der Waals surface area contributed by atoms with Crippen LogP contribution < -0.4 is 4.74 Å². The van der Waals surface area contributed by atoms with Gasteiger partial charge in [0.2, 0.25) is 0 Å². The molecule has 3 nitrogen and oxygen atoms in total. The van der Waals surface area contributed by atoms with E-state index in [4.69, 9.17) is 4.74 Å². The van der Waals surface area contributed by atoms with E-state index in [1.165, 1.54) is 49.4 Å². The van der Waals surface area contributed by atoms with Crippen LogP contribution in [0.4, 0.5) is 4.39 Å². The Morgan fingerprint density at radius 2 is 1.63 bits per heavy atom. The van der Waals surface area contributed by atoms with Crippen LogP contribution in [-0.2, 0) is 4.79 Å². The van der Waals surface area contributed by atoms with Crippen molar-refractivity contribution >= 4 is 11.8 Å². The van der Waals surface area contributed by atoms with Gasteiger partial charge in [0.25, 0.3) is 0 Å². The topological polar surface area (TPSA) is 43.4 Å². The number of benzene rings is 2. The lowest BCUT2D eigenvalue weighted by atomic mass is 10.0. The van der Waals surface area contributed by atoms with E-state index in [0.717, 1.165) is 0 Å². The number of ether oxygens (including phenoxy) is 1. The third kappa shape index (κ3) is 3.04. The second-order valence-electron chi connectivity index (χ2n) is 3.93. The molecule has 0 bridgehead atoms. The molecule has 0 radical (unpaired) electrons. The van der Waals surface area contributed by atoms with E-state index in [9.17, 15) is 14.0 Å². The average Bonchev–Trinajstić information content (AvgIpc) is 2.39. The van der Waals surface area contributed by atoms with Gasteiger partial charge in [0, 0.05) is 12.5 Å². The molecule has 0 amide bonds. The first kappa shape index (κ1) is 13.0. The number of carbonyl (C=O) groups excluding carboxylic acids is 2. The summed E-state index contributed by atoms with van der Waals surface area (Å²) in [6.45, 7) is 1.29. The molecule has 0 aliphatic heterocycles. The van der Waals surface area contributed by atoms with Gasteiger partial charge in [-0.25, -0.2) is 4.39 Å². The fourth-order valence-electron chi connectivity index (χ4n) is 1.64. The van der Waals surface area contributed by atoms with E-state index in [1.54, 1.807) is 6.07 Å². The van der Waals surface area contributed by atoms with Gasteiger partial charge in [0.15, 0.2) is 5.78 Å². The number of hydrogen-bond acceptors (Lipinski definition) is 3. The molecule has 96 valence electrons. The number of halogens is 1. The van der Waals surface area contributed by atoms with Crippen LogP contribution in [-0.4, -0.2) is 11.8 Å². The molecular weight excluding hydrogens is 247 g/mol. The van der Waals surface area contributed by atoms with E-state index >= 15 is 0 Å². The highest BCUT2D eigenvalue weighted by Crippen LogP contribution is 2.17. The second kappa shape index (κ2) is 5.44. The third-order valence-corrected chi connectivity index (χ3v) is 2.50. The van der Waals surface area contributed by atoms with Gasteiger partial charge in [-0.2, -0.15) is 0 Å². The van der Waals surface area contributed by atoms with Gasteiger partial charge in [-0.1, -0.05) is 12.1 Å². The maximum Gasteiger partial charge on any atom is 0.308 e. The van der Waals surface area contributed by atoms with Crippen LogP contribution in [0.15, 0.2) is 48.5 Å². The van der Waals surface area contributed by atoms with Gasteiger partial charge in [-0.3, -0.25) is 9.59 Å². The lowest BCUT2D eigenvalue weighted by Crippen LogP contribution is -2.05. The summed E-state index contributed by atoms with van der Waals surface area (Å²) in [7, 11) is 0. The average molecular weight is 258 g/mol. The highest BCUT2D eigenvalue weighted by Gasteiger charge is 2.13. The van der Waals surface area contributed by atoms with Crippen LogP contribution in [0.25, 0.3) is 0 Å². The largest absolute Gasteiger partial charge is 0.427 e. The summed E-state index contributed by atoms with van der Waals surface area (Å²) in [5.41, 5.74) is 0.351. The SMILES string of the molecule is CC(=O)Oc1ccc(C(=O)c2ccccc2F)cc1. The highest BCUT2D eigenvalue weighted by atomic mass is 19.1. The maximum atomic E-state index is 13.5. The van der Waals surface area contributed by atoms with Crippen LogP contribution in [0.5, 0.6) is 5.75 Å². The summed E-state index contributed by atoms with van der Waals surface area (Å²) >= 11 is 0. The van der Waals surface area contributed by atoms with Crippen molar-refractivity contribution < 1.29 is 18.7 Å². The van der Waals surface area contributed by atoms with Gasteiger partial charge in [-0.05, 0) is 36.4 Å². The zero-order valence-corrected chi connectivity index (χ0v) is 10.2. The summed E-state index contributed by atoms with van der Waals surface area (Å²) in [6.07, 6.45) is 0. The van der Waals surface area contributed by atoms with E-state index in [-0.39, 0.29) is 5.56 Å². The van der Waals surface area contributed by atoms with E-state index < -0.39 is 17.6 Å². The number of rotatable bonds is 3. The van der Waals surface area contributed by atoms with Crippen molar-refractivity contribution in [1.29, 1.82) is 0 Å². The van der Waals surface area contributed by atoms with E-state index in [1.807, 2.05) is 0 Å². The zero-order chi connectivity index (χ0) is 13.8. The Kier molecular flexibility index (Phi) is 3.71. The van der Waals surface area contributed by atoms with Gasteiger partial charge in [0.1, 0.15) is 11.6 Å². The molecule has 0 aromatic heterocycles. The van der Waals surface area contributed by atoms with Crippen LogP contribution in [0.2, 0.25) is 0 Å². The normalized spacial score (nSPS) is 10.0. The number of carbonyl (C=O) groups is 2. The molecule has 2 aromatic rings. The van der Waals surface area contributed by atoms with E-state index in [2.05, 4.69) is 0 Å². The van der Waals surface area contributed by atoms with Crippen LogP contribution in [0.1, 0.15) is 22.8 Å². The first-order valence-corrected chi connectivity index (χ1v) is 5.65. The summed E-state index contributed by atoms with van der Waals surface area (Å²) < 4.78 is 18.3. The predicted molar refractivity (Wildman–Crippen MR) is 67.6 cm³/mol. The molecule has 0 saturated heterocycles. The molecule has 0 aliphatic carbocycles. The molecule has 0 heterocycles. The molecule has 0 spiro atoms. The molecule has 2 rings (SSSR count). The number of ketones is 1. The van der Waals surface area contributed by atoms with Crippen LogP contribution in [0, 0.1) is 5.82 Å². The molecule has 0 unspecified atom stereocenters. The molecule has 19 heavy (non-hydrogen) atoms. The summed E-state index contributed by atoms with van der Waals surface area (Å²) in [5.74, 6) is -1.06. The Morgan fingerprint density at radius 1 is 1.00 bits per heavy atom. The minimum atomic E-state index is -0.559. The third-order valence-electron chi connectivity index (χ3n) is 2.50. The Morgan fingerprint density at radius 3 is 2.21 bits per heavy atom. The fourth-order valence-corrected chi connectivity index (χ4v) is 1.64. The molecule has 0 aliphatic rings. The van der Waals surface area contributed by atoms with Crippen molar-refractivity contribution in [3.63, 3.8) is 0 Å². The number of esters is 1. The van der Waals surface area contributed by atoms with Crippen molar-refractivity contribution in [3.8, 4) is 5.75 Å². The summed E-state index contributed by atoms with van der Waals surface area (Å²) in [6, 6.07) is 11.8. The molecule has 0 N–H and O–H groups in total. The Bertz CT molecular complexity index is 618. The minimum absolute atomic E-state index is 0.0164. The predicted octanol–water partition coefficient (Wildman–Crippen LogP) is 2.98. The molecule has 4 heteroatoms. The van der Waals surface area contributed by atoms with Gasteiger partial charge >= 0.3 is 5.97 Å². The maximum absolute atomic E-state index is 13.5. The molecule has 0 saturated carbocycles. The van der Waals surface area contributed by atoms with Crippen molar-refractivity contribution in [2.24, 2.45) is 0 Å². The van der Waals surface area contributed by atoms with Gasteiger partial charge in [0.05, 0.1) is 5.56 Å². The van der Waals surface area contributed by atoms with Crippen molar-refractivity contribution in [1.82, 2.24) is 0 Å². The van der Waals surface area contributed by atoms with Crippen molar-refractivity contribution in [3.05, 3.63) is 65.5 Å². The quantitative estimate of drug-likeness (QED) is 0.483. The Labute approximate surface area is 109 Å². The van der Waals surface area contributed by atoms with E-state index in [0.29, 0.717) is 11.3 Å². The summed E-state index contributed by atoms with van der Waals surface area (Å²) in [4.78, 5) is 22.8. The van der Waals surface area contributed by atoms with Gasteiger partial charge < -0.3 is 4.74 Å². The second-order valence-corrected chi connectivity index (χ2v) is 3.93. The molecule has 0 fully saturated rings. The molecular formula is C15H11FO3. The fraction of sp³-hybridized carbons (Fsp3) is 0.0667. The monoisotopic (exact) mass is 258 g/mol. The zero-order valence-electron chi connectivity index (χ0n) is 10.2. The smallest absolute Gasteiger partial charge is 0.308 e. The highest BCUT2D eigenvalue weighted by molar-refractivity contribution is 6.09. The standard InChI is InChI=1S/C15H11FO3/c1-10(17)19-12-8-6-11(7-9-12)15(18)13-4-2-3-5-14(13)16/h2-9H,1H3. The lowest BCUT2D eigenvalue weighted by Gasteiger charge is -2.04. The van der Waals surface area contributed by atoms with Gasteiger partial charge in [-0.15, -0.1) is 0 Å². The summed E-state index contributed by atoms with van der Waals surface area (Å²) in [5, 5.41) is 0. The Balaban J connectivity index is 2.25. The number of hydrogen-bond donors (Lipinski definition) is 0. The Hall–Kier alpha value is -2.49. The first-order chi connectivity index (χ1) is 9.08. The van der Waals surface area contributed by atoms with Crippen LogP contribution >= 0.6 is 0 Å². The van der Waals surface area contributed by atoms with Crippen LogP contribution in [0.3, 0.4) is 0 Å². The molecule has 0 atom stereocenters. The lowest BCUT2D eigenvalue weighted by molar-refractivity contribution is -0.131. The molecule has 2 aromatic carbocycles. The first-order valence-electron chi connectivity index (χ1n) is 5.65.